The summed E-state index contributed by atoms with van der Waals surface area (Å²) in [5.74, 6) is -0.365. The quantitative estimate of drug-likeness (QED) is 0.408. The summed E-state index contributed by atoms with van der Waals surface area (Å²) in [5.41, 5.74) is 7.87. The molecule has 0 bridgehead atoms. The number of aromatic nitrogens is 2. The molecular weight excluding hydrogens is 434 g/mol. The maximum Gasteiger partial charge on any atom is 0.245 e. The summed E-state index contributed by atoms with van der Waals surface area (Å²) in [5, 5.41) is 10.2. The summed E-state index contributed by atoms with van der Waals surface area (Å²) >= 11 is 0. The summed E-state index contributed by atoms with van der Waals surface area (Å²) < 4.78 is 0. The lowest BCUT2D eigenvalue weighted by atomic mass is 10.0. The number of benzene rings is 2. The Morgan fingerprint density at radius 3 is 2.62 bits per heavy atom. The number of hydrogen-bond acceptors (Lipinski definition) is 7. The largest absolute Gasteiger partial charge is 0.508 e. The van der Waals surface area contributed by atoms with Gasteiger partial charge < -0.3 is 20.6 Å². The Labute approximate surface area is 197 Å². The summed E-state index contributed by atoms with van der Waals surface area (Å²) in [7, 11) is 0. The van der Waals surface area contributed by atoms with Crippen LogP contribution in [-0.2, 0) is 16.1 Å². The van der Waals surface area contributed by atoms with E-state index in [1.807, 2.05) is 25.1 Å². The second-order valence-corrected chi connectivity index (χ2v) is 8.41. The molecule has 1 aliphatic heterocycles. The van der Waals surface area contributed by atoms with E-state index in [-0.39, 0.29) is 29.8 Å². The van der Waals surface area contributed by atoms with Gasteiger partial charge in [0, 0.05) is 30.6 Å². The number of hydrogen-bond donors (Lipinski definition) is 2. The van der Waals surface area contributed by atoms with E-state index < -0.39 is 6.04 Å². The molecule has 1 saturated heterocycles. The van der Waals surface area contributed by atoms with Gasteiger partial charge in [-0.1, -0.05) is 19.4 Å². The van der Waals surface area contributed by atoms with Gasteiger partial charge in [-0.05, 0) is 48.4 Å². The SMILES string of the molecule is CCCC1C(=O)N(Cc2ccc3c(N)ncnc3c2)CCN1C(=O)CC(=O)c1ccc(O)cc1. The van der Waals surface area contributed by atoms with Gasteiger partial charge in [-0.2, -0.15) is 0 Å². The zero-order valence-electron chi connectivity index (χ0n) is 19.0. The monoisotopic (exact) mass is 461 g/mol. The van der Waals surface area contributed by atoms with Crippen LogP contribution in [0.3, 0.4) is 0 Å². The van der Waals surface area contributed by atoms with Gasteiger partial charge in [0.1, 0.15) is 23.9 Å². The third-order valence-electron chi connectivity index (χ3n) is 6.07. The first-order valence-electron chi connectivity index (χ1n) is 11.3. The molecule has 1 unspecified atom stereocenters. The fourth-order valence-corrected chi connectivity index (χ4v) is 4.28. The van der Waals surface area contributed by atoms with Crippen molar-refractivity contribution in [2.45, 2.75) is 38.8 Å². The number of phenols is 1. The Balaban J connectivity index is 1.46. The minimum atomic E-state index is -0.600. The highest BCUT2D eigenvalue weighted by molar-refractivity contribution is 6.08. The lowest BCUT2D eigenvalue weighted by Gasteiger charge is -2.40. The van der Waals surface area contributed by atoms with Crippen molar-refractivity contribution < 1.29 is 19.5 Å². The van der Waals surface area contributed by atoms with Crippen LogP contribution in [0.5, 0.6) is 5.75 Å². The second-order valence-electron chi connectivity index (χ2n) is 8.41. The molecule has 0 radical (unpaired) electrons. The molecule has 1 fully saturated rings. The number of nitrogens with two attached hydrogens (primary N) is 1. The second kappa shape index (κ2) is 9.86. The Kier molecular flexibility index (Phi) is 6.72. The van der Waals surface area contributed by atoms with Crippen LogP contribution in [0.1, 0.15) is 42.1 Å². The Bertz CT molecular complexity index is 1230. The number of phenolic OH excluding ortho intramolecular Hbond substituents is 1. The molecule has 3 aromatic rings. The van der Waals surface area contributed by atoms with Gasteiger partial charge >= 0.3 is 0 Å². The van der Waals surface area contributed by atoms with Crippen molar-refractivity contribution in [2.75, 3.05) is 18.8 Å². The van der Waals surface area contributed by atoms with Crippen molar-refractivity contribution in [1.29, 1.82) is 0 Å². The first-order chi connectivity index (χ1) is 16.4. The lowest BCUT2D eigenvalue weighted by molar-refractivity contribution is -0.152. The van der Waals surface area contributed by atoms with Crippen molar-refractivity contribution in [3.05, 3.63) is 59.9 Å². The van der Waals surface area contributed by atoms with Crippen molar-refractivity contribution in [1.82, 2.24) is 19.8 Å². The molecule has 1 aromatic heterocycles. The minimum Gasteiger partial charge on any atom is -0.508 e. The maximum absolute atomic E-state index is 13.3. The predicted molar refractivity (Wildman–Crippen MR) is 127 cm³/mol. The molecule has 1 aliphatic rings. The van der Waals surface area contributed by atoms with E-state index in [4.69, 9.17) is 5.73 Å². The van der Waals surface area contributed by atoms with E-state index in [2.05, 4.69) is 9.97 Å². The van der Waals surface area contributed by atoms with E-state index in [1.54, 1.807) is 4.90 Å². The van der Waals surface area contributed by atoms with Gasteiger partial charge in [-0.15, -0.1) is 0 Å². The molecule has 0 spiro atoms. The highest BCUT2D eigenvalue weighted by Gasteiger charge is 2.37. The number of nitrogens with zero attached hydrogens (tertiary/aromatic N) is 4. The normalized spacial score (nSPS) is 16.1. The Hall–Kier alpha value is -4.01. The van der Waals surface area contributed by atoms with Crippen LogP contribution in [0.15, 0.2) is 48.8 Å². The molecule has 2 amide bonds. The van der Waals surface area contributed by atoms with Crippen molar-refractivity contribution in [3.8, 4) is 5.75 Å². The average molecular weight is 462 g/mol. The van der Waals surface area contributed by atoms with Gasteiger partial charge in [-0.3, -0.25) is 14.4 Å². The van der Waals surface area contributed by atoms with E-state index in [1.165, 1.54) is 35.5 Å². The Morgan fingerprint density at radius 1 is 1.12 bits per heavy atom. The van der Waals surface area contributed by atoms with Gasteiger partial charge in [0.2, 0.25) is 11.8 Å². The topological polar surface area (TPSA) is 130 Å². The maximum atomic E-state index is 13.3. The Morgan fingerprint density at radius 2 is 1.88 bits per heavy atom. The standard InChI is InChI=1S/C25H27N5O4/c1-2-3-21-25(34)29(14-16-4-9-19-20(12-16)27-15-28-24(19)26)10-11-30(21)23(33)13-22(32)17-5-7-18(31)8-6-17/h4-9,12,15,21,31H,2-3,10-11,13-14H2,1H3,(H2,26,27,28). The van der Waals surface area contributed by atoms with Crippen LogP contribution >= 0.6 is 0 Å². The molecule has 176 valence electrons. The van der Waals surface area contributed by atoms with Crippen LogP contribution in [0.25, 0.3) is 10.9 Å². The molecule has 1 atom stereocenters. The number of amides is 2. The molecule has 2 aromatic carbocycles. The van der Waals surface area contributed by atoms with Gasteiger partial charge in [0.25, 0.3) is 0 Å². The highest BCUT2D eigenvalue weighted by Crippen LogP contribution is 2.23. The molecule has 4 rings (SSSR count). The van der Waals surface area contributed by atoms with Crippen LogP contribution in [0, 0.1) is 0 Å². The number of carbonyl (C=O) groups is 3. The lowest BCUT2D eigenvalue weighted by Crippen LogP contribution is -2.58. The summed E-state index contributed by atoms with van der Waals surface area (Å²) in [6.45, 7) is 3.10. The van der Waals surface area contributed by atoms with Crippen molar-refractivity contribution in [3.63, 3.8) is 0 Å². The molecule has 3 N–H and O–H groups in total. The average Bonchev–Trinajstić information content (AvgIpc) is 2.82. The zero-order chi connectivity index (χ0) is 24.2. The number of aromatic hydroxyl groups is 1. The van der Waals surface area contributed by atoms with Crippen LogP contribution in [0.4, 0.5) is 5.82 Å². The summed E-state index contributed by atoms with van der Waals surface area (Å²) in [6, 6.07) is 10.8. The van der Waals surface area contributed by atoms with Gasteiger partial charge in [0.05, 0.1) is 11.9 Å². The number of anilines is 1. The highest BCUT2D eigenvalue weighted by atomic mass is 16.3. The molecule has 9 heteroatoms. The number of ketones is 1. The summed E-state index contributed by atoms with van der Waals surface area (Å²) in [6.07, 6.45) is 2.35. The van der Waals surface area contributed by atoms with Gasteiger partial charge in [0.15, 0.2) is 5.78 Å². The van der Waals surface area contributed by atoms with E-state index in [0.29, 0.717) is 43.0 Å². The molecular formula is C25H27N5O4. The van der Waals surface area contributed by atoms with Crippen LogP contribution in [0.2, 0.25) is 0 Å². The smallest absolute Gasteiger partial charge is 0.245 e. The van der Waals surface area contributed by atoms with Gasteiger partial charge in [-0.25, -0.2) is 9.97 Å². The third-order valence-corrected chi connectivity index (χ3v) is 6.07. The van der Waals surface area contributed by atoms with E-state index >= 15 is 0 Å². The molecule has 34 heavy (non-hydrogen) atoms. The molecule has 0 saturated carbocycles. The van der Waals surface area contributed by atoms with E-state index in [0.717, 1.165) is 17.4 Å². The van der Waals surface area contributed by atoms with E-state index in [9.17, 15) is 19.5 Å². The number of rotatable bonds is 7. The number of fused-ring (bicyclic) bond motifs is 1. The number of Topliss-reactive ketones (excluding diaryl/α,β-unsaturated/α-hetero) is 1. The zero-order valence-corrected chi connectivity index (χ0v) is 19.0. The third kappa shape index (κ3) is 4.83. The number of piperazine rings is 1. The van der Waals surface area contributed by atoms with Crippen molar-refractivity contribution >= 4 is 34.3 Å². The molecule has 2 heterocycles. The first kappa shape index (κ1) is 23.2. The number of nitrogen functional groups attached to an aromatic ring is 1. The first-order valence-corrected chi connectivity index (χ1v) is 11.3. The van der Waals surface area contributed by atoms with Crippen LogP contribution in [-0.4, -0.2) is 61.6 Å². The molecule has 0 aliphatic carbocycles. The van der Waals surface area contributed by atoms with Crippen molar-refractivity contribution in [2.24, 2.45) is 0 Å². The fourth-order valence-electron chi connectivity index (χ4n) is 4.28. The predicted octanol–water partition coefficient (Wildman–Crippen LogP) is 2.53. The molecule has 9 nitrogen and oxygen atoms in total. The minimum absolute atomic E-state index is 0.0509. The fraction of sp³-hybridized carbons (Fsp3) is 0.320. The summed E-state index contributed by atoms with van der Waals surface area (Å²) in [4.78, 5) is 50.4. The van der Waals surface area contributed by atoms with Crippen LogP contribution < -0.4 is 5.73 Å². The number of carbonyl (C=O) groups excluding carboxylic acids is 3.